The van der Waals surface area contributed by atoms with E-state index in [2.05, 4.69) is 9.97 Å². The van der Waals surface area contributed by atoms with Gasteiger partial charge in [0.25, 0.3) is 0 Å². The van der Waals surface area contributed by atoms with E-state index in [-0.39, 0.29) is 18.2 Å². The maximum atomic E-state index is 12.9. The van der Waals surface area contributed by atoms with Crippen LogP contribution in [-0.4, -0.2) is 50.4 Å². The summed E-state index contributed by atoms with van der Waals surface area (Å²) in [4.78, 5) is 23.1. The van der Waals surface area contributed by atoms with Crippen LogP contribution in [0, 0.1) is 6.92 Å². The SMILES string of the molecule is Cc1cc(-n2c(Cl)cc3c(Cl)ncnc32)ccc1[C@H]1CO[C@H](C)CN1C(=O)OC(C)(C)C. The fourth-order valence-corrected chi connectivity index (χ4v) is 4.42. The number of rotatable bonds is 2. The predicted octanol–water partition coefficient (Wildman–Crippen LogP) is 5.73. The molecule has 0 radical (unpaired) electrons. The van der Waals surface area contributed by atoms with Gasteiger partial charge in [-0.2, -0.15) is 0 Å². The van der Waals surface area contributed by atoms with Crippen molar-refractivity contribution >= 4 is 40.3 Å². The summed E-state index contributed by atoms with van der Waals surface area (Å²) in [6.45, 7) is 10.4. The van der Waals surface area contributed by atoms with Crippen molar-refractivity contribution in [3.8, 4) is 5.69 Å². The smallest absolute Gasteiger partial charge is 0.410 e. The van der Waals surface area contributed by atoms with Crippen molar-refractivity contribution in [1.29, 1.82) is 0 Å². The number of amides is 1. The third kappa shape index (κ3) is 4.42. The van der Waals surface area contributed by atoms with Gasteiger partial charge < -0.3 is 9.47 Å². The highest BCUT2D eigenvalue weighted by molar-refractivity contribution is 6.36. The number of aryl methyl sites for hydroxylation is 1. The normalized spacial score (nSPS) is 19.4. The second-order valence-corrected chi connectivity index (χ2v) is 9.78. The summed E-state index contributed by atoms with van der Waals surface area (Å²) in [5.74, 6) is 0. The van der Waals surface area contributed by atoms with E-state index in [0.29, 0.717) is 34.5 Å². The minimum absolute atomic E-state index is 0.0622. The average Bonchev–Trinajstić information content (AvgIpc) is 3.04. The summed E-state index contributed by atoms with van der Waals surface area (Å²) < 4.78 is 13.4. The molecule has 2 atom stereocenters. The first-order valence-electron chi connectivity index (χ1n) is 10.4. The molecule has 0 unspecified atom stereocenters. The topological polar surface area (TPSA) is 69.5 Å². The number of aromatic nitrogens is 3. The number of benzene rings is 1. The lowest BCUT2D eigenvalue weighted by Crippen LogP contribution is -2.48. The number of carbonyl (C=O) groups is 1. The molecule has 0 N–H and O–H groups in total. The Kier molecular flexibility index (Phi) is 6.09. The minimum atomic E-state index is -0.572. The fourth-order valence-electron chi connectivity index (χ4n) is 3.95. The lowest BCUT2D eigenvalue weighted by molar-refractivity contribution is -0.0645. The summed E-state index contributed by atoms with van der Waals surface area (Å²) in [7, 11) is 0. The van der Waals surface area contributed by atoms with Crippen LogP contribution in [0.15, 0.2) is 30.6 Å². The van der Waals surface area contributed by atoms with Crippen LogP contribution in [-0.2, 0) is 9.47 Å². The van der Waals surface area contributed by atoms with E-state index in [1.165, 1.54) is 6.33 Å². The van der Waals surface area contributed by atoms with Gasteiger partial charge in [-0.3, -0.25) is 9.47 Å². The summed E-state index contributed by atoms with van der Waals surface area (Å²) in [5.41, 5.74) is 2.89. The molecule has 1 amide bonds. The molecule has 4 rings (SSSR count). The third-order valence-electron chi connectivity index (χ3n) is 5.37. The molecule has 1 aliphatic heterocycles. The molecule has 2 aromatic heterocycles. The highest BCUT2D eigenvalue weighted by atomic mass is 35.5. The molecule has 1 fully saturated rings. The molecule has 0 saturated carbocycles. The van der Waals surface area contributed by atoms with Crippen molar-refractivity contribution in [3.63, 3.8) is 0 Å². The highest BCUT2D eigenvalue weighted by Gasteiger charge is 2.35. The number of nitrogens with zero attached hydrogens (tertiary/aromatic N) is 4. The monoisotopic (exact) mass is 476 g/mol. The number of hydrogen-bond donors (Lipinski definition) is 0. The lowest BCUT2D eigenvalue weighted by atomic mass is 9.98. The minimum Gasteiger partial charge on any atom is -0.444 e. The second kappa shape index (κ2) is 8.54. The van der Waals surface area contributed by atoms with Crippen LogP contribution in [0.3, 0.4) is 0 Å². The first-order valence-corrected chi connectivity index (χ1v) is 11.2. The molecule has 7 nitrogen and oxygen atoms in total. The van der Waals surface area contributed by atoms with E-state index in [0.717, 1.165) is 16.8 Å². The van der Waals surface area contributed by atoms with Crippen LogP contribution in [0.1, 0.15) is 44.9 Å². The van der Waals surface area contributed by atoms with Gasteiger partial charge in [-0.15, -0.1) is 0 Å². The van der Waals surface area contributed by atoms with Gasteiger partial charge in [-0.1, -0.05) is 29.3 Å². The van der Waals surface area contributed by atoms with Crippen LogP contribution in [0.2, 0.25) is 10.3 Å². The van der Waals surface area contributed by atoms with Crippen molar-refractivity contribution < 1.29 is 14.3 Å². The summed E-state index contributed by atoms with van der Waals surface area (Å²) in [6.07, 6.45) is 1.01. The standard InChI is InChI=1S/C23H26Cl2N4O3/c1-13-8-15(29-19(24)9-17-20(25)26-12-27-21(17)29)6-7-16(13)18-11-31-14(2)10-28(18)22(30)32-23(3,4)5/h6-9,12,14,18H,10-11H2,1-5H3/t14-,18-/m1/s1. The maximum Gasteiger partial charge on any atom is 0.410 e. The van der Waals surface area contributed by atoms with Gasteiger partial charge in [0.15, 0.2) is 5.65 Å². The molecular formula is C23H26Cl2N4O3. The van der Waals surface area contributed by atoms with E-state index < -0.39 is 5.60 Å². The van der Waals surface area contributed by atoms with E-state index in [9.17, 15) is 4.79 Å². The van der Waals surface area contributed by atoms with E-state index in [4.69, 9.17) is 32.7 Å². The van der Waals surface area contributed by atoms with Gasteiger partial charge in [-0.05, 0) is 63.9 Å². The third-order valence-corrected chi connectivity index (χ3v) is 5.95. The predicted molar refractivity (Wildman–Crippen MR) is 125 cm³/mol. The van der Waals surface area contributed by atoms with Crippen LogP contribution < -0.4 is 0 Å². The number of morpholine rings is 1. The van der Waals surface area contributed by atoms with Gasteiger partial charge >= 0.3 is 6.09 Å². The number of carbonyl (C=O) groups excluding carboxylic acids is 1. The van der Waals surface area contributed by atoms with Gasteiger partial charge in [0, 0.05) is 5.69 Å². The Labute approximate surface area is 197 Å². The largest absolute Gasteiger partial charge is 0.444 e. The number of hydrogen-bond acceptors (Lipinski definition) is 5. The molecule has 32 heavy (non-hydrogen) atoms. The van der Waals surface area contributed by atoms with Crippen LogP contribution in [0.5, 0.6) is 0 Å². The highest BCUT2D eigenvalue weighted by Crippen LogP contribution is 2.34. The van der Waals surface area contributed by atoms with Crippen molar-refractivity contribution in [3.05, 3.63) is 52.0 Å². The fraction of sp³-hybridized carbons (Fsp3) is 0.435. The zero-order valence-corrected chi connectivity index (χ0v) is 20.2. The first kappa shape index (κ1) is 22.8. The molecule has 1 saturated heterocycles. The van der Waals surface area contributed by atoms with Crippen molar-refractivity contribution in [2.24, 2.45) is 0 Å². The average molecular weight is 477 g/mol. The zero-order valence-electron chi connectivity index (χ0n) is 18.7. The Morgan fingerprint density at radius 1 is 1.22 bits per heavy atom. The summed E-state index contributed by atoms with van der Waals surface area (Å²) in [5, 5.41) is 1.52. The van der Waals surface area contributed by atoms with Gasteiger partial charge in [0.1, 0.15) is 22.2 Å². The maximum absolute atomic E-state index is 12.9. The summed E-state index contributed by atoms with van der Waals surface area (Å²) in [6, 6.07) is 7.47. The Balaban J connectivity index is 1.71. The number of halogens is 2. The second-order valence-electron chi connectivity index (χ2n) is 9.04. The molecule has 9 heteroatoms. The Morgan fingerprint density at radius 3 is 2.66 bits per heavy atom. The molecule has 3 aromatic rings. The molecule has 3 heterocycles. The van der Waals surface area contributed by atoms with Crippen LogP contribution in [0.25, 0.3) is 16.7 Å². The molecule has 0 aliphatic carbocycles. The van der Waals surface area contributed by atoms with Gasteiger partial charge in [0.05, 0.1) is 30.7 Å². The molecule has 170 valence electrons. The Hall–Kier alpha value is -2.35. The zero-order chi connectivity index (χ0) is 23.2. The molecule has 0 spiro atoms. The lowest BCUT2D eigenvalue weighted by Gasteiger charge is -2.40. The van der Waals surface area contributed by atoms with Crippen LogP contribution >= 0.6 is 23.2 Å². The number of ether oxygens (including phenoxy) is 2. The molecule has 0 bridgehead atoms. The van der Waals surface area contributed by atoms with E-state index >= 15 is 0 Å². The van der Waals surface area contributed by atoms with E-state index in [1.807, 2.05) is 57.4 Å². The van der Waals surface area contributed by atoms with Gasteiger partial charge in [-0.25, -0.2) is 14.8 Å². The molecule has 1 aromatic carbocycles. The van der Waals surface area contributed by atoms with Crippen molar-refractivity contribution in [2.45, 2.75) is 52.4 Å². The van der Waals surface area contributed by atoms with Crippen LogP contribution in [0.4, 0.5) is 4.79 Å². The van der Waals surface area contributed by atoms with Crippen molar-refractivity contribution in [2.75, 3.05) is 13.2 Å². The van der Waals surface area contributed by atoms with E-state index in [1.54, 1.807) is 11.0 Å². The number of fused-ring (bicyclic) bond motifs is 1. The van der Waals surface area contributed by atoms with Crippen molar-refractivity contribution in [1.82, 2.24) is 19.4 Å². The van der Waals surface area contributed by atoms with Gasteiger partial charge in [0.2, 0.25) is 0 Å². The Morgan fingerprint density at radius 2 is 1.97 bits per heavy atom. The first-order chi connectivity index (χ1) is 15.0. The summed E-state index contributed by atoms with van der Waals surface area (Å²) >= 11 is 12.7. The Bertz CT molecular complexity index is 1170. The molecular weight excluding hydrogens is 451 g/mol. The quantitative estimate of drug-likeness (QED) is 0.441. The molecule has 1 aliphatic rings.